The molecule has 2 unspecified atom stereocenters. The van der Waals surface area contributed by atoms with Crippen LogP contribution in [0.1, 0.15) is 42.4 Å². The number of thioether (sulfide) groups is 1. The molecule has 0 saturated carbocycles. The van der Waals surface area contributed by atoms with Crippen molar-refractivity contribution in [3.8, 4) is 0 Å². The van der Waals surface area contributed by atoms with Gasteiger partial charge in [0.2, 0.25) is 0 Å². The van der Waals surface area contributed by atoms with Gasteiger partial charge in [-0.1, -0.05) is 13.8 Å². The van der Waals surface area contributed by atoms with E-state index >= 15 is 0 Å². The molecule has 1 amide bonds. The topological polar surface area (TPSA) is 47.4 Å². The van der Waals surface area contributed by atoms with Crippen molar-refractivity contribution in [3.63, 3.8) is 0 Å². The fourth-order valence-corrected chi connectivity index (χ4v) is 4.51. The summed E-state index contributed by atoms with van der Waals surface area (Å²) in [6.45, 7) is 6.58. The third kappa shape index (κ3) is 2.83. The van der Waals surface area contributed by atoms with Crippen LogP contribution in [0.25, 0.3) is 0 Å². The maximum atomic E-state index is 12.8. The lowest BCUT2D eigenvalue weighted by atomic mass is 10.1. The van der Waals surface area contributed by atoms with Crippen molar-refractivity contribution in [1.29, 1.82) is 0 Å². The molecule has 0 aliphatic carbocycles. The van der Waals surface area contributed by atoms with E-state index < -0.39 is 0 Å². The van der Waals surface area contributed by atoms with Gasteiger partial charge < -0.3 is 9.64 Å². The number of amides is 1. The summed E-state index contributed by atoms with van der Waals surface area (Å²) in [5.74, 6) is 1.44. The van der Waals surface area contributed by atoms with Crippen molar-refractivity contribution in [2.75, 3.05) is 25.5 Å². The number of rotatable bonds is 2. The summed E-state index contributed by atoms with van der Waals surface area (Å²) in [5.41, 5.74) is 1.69. The number of carbonyl (C=O) groups is 1. The maximum Gasteiger partial charge on any atom is 0.274 e. The minimum atomic E-state index is 0.0784. The van der Waals surface area contributed by atoms with Crippen LogP contribution in [0.2, 0.25) is 0 Å². The van der Waals surface area contributed by atoms with Crippen molar-refractivity contribution in [2.24, 2.45) is 7.05 Å². The third-order valence-electron chi connectivity index (χ3n) is 4.32. The molecule has 3 rings (SSSR count). The molecule has 2 aliphatic heterocycles. The van der Waals surface area contributed by atoms with Gasteiger partial charge in [0.15, 0.2) is 5.69 Å². The molecule has 116 valence electrons. The first-order valence-corrected chi connectivity index (χ1v) is 8.67. The predicted octanol–water partition coefficient (Wildman–Crippen LogP) is 1.89. The highest BCUT2D eigenvalue weighted by molar-refractivity contribution is 8.00. The molecule has 1 aromatic heterocycles. The van der Waals surface area contributed by atoms with E-state index in [0.29, 0.717) is 22.9 Å². The van der Waals surface area contributed by atoms with E-state index in [1.807, 2.05) is 34.5 Å². The van der Waals surface area contributed by atoms with Crippen LogP contribution in [0.3, 0.4) is 0 Å². The summed E-state index contributed by atoms with van der Waals surface area (Å²) in [6, 6.07) is 2.25. The highest BCUT2D eigenvalue weighted by atomic mass is 32.2. The quantitative estimate of drug-likeness (QED) is 0.837. The lowest BCUT2D eigenvalue weighted by Crippen LogP contribution is -2.54. The van der Waals surface area contributed by atoms with Gasteiger partial charge in [0.1, 0.15) is 0 Å². The summed E-state index contributed by atoms with van der Waals surface area (Å²) in [7, 11) is 1.91. The first-order valence-electron chi connectivity index (χ1n) is 7.62. The van der Waals surface area contributed by atoms with Crippen LogP contribution in [0.15, 0.2) is 6.07 Å². The van der Waals surface area contributed by atoms with Gasteiger partial charge in [-0.05, 0) is 18.4 Å². The highest BCUT2D eigenvalue weighted by Gasteiger charge is 2.38. The molecule has 2 fully saturated rings. The van der Waals surface area contributed by atoms with Gasteiger partial charge in [0, 0.05) is 42.9 Å². The van der Waals surface area contributed by atoms with Gasteiger partial charge in [-0.3, -0.25) is 9.48 Å². The molecule has 0 N–H and O–H groups in total. The fourth-order valence-electron chi connectivity index (χ4n) is 3.21. The zero-order valence-electron chi connectivity index (χ0n) is 12.9. The van der Waals surface area contributed by atoms with Crippen molar-refractivity contribution < 1.29 is 9.53 Å². The minimum absolute atomic E-state index is 0.0784. The average molecular weight is 309 g/mol. The molecular formula is C15H23N3O2S. The number of nitrogens with zero attached hydrogens (tertiary/aromatic N) is 3. The number of aryl methyl sites for hydroxylation is 1. The molecule has 6 heteroatoms. The second-order valence-corrected chi connectivity index (χ2v) is 7.42. The lowest BCUT2D eigenvalue weighted by molar-refractivity contribution is 0.0315. The van der Waals surface area contributed by atoms with Gasteiger partial charge in [0.05, 0.1) is 6.61 Å². The second kappa shape index (κ2) is 6.01. The minimum Gasteiger partial charge on any atom is -0.380 e. The highest BCUT2D eigenvalue weighted by Crippen LogP contribution is 2.31. The zero-order chi connectivity index (χ0) is 15.0. The average Bonchev–Trinajstić information content (AvgIpc) is 2.88. The van der Waals surface area contributed by atoms with Crippen LogP contribution in [0, 0.1) is 0 Å². The van der Waals surface area contributed by atoms with Gasteiger partial charge in [-0.2, -0.15) is 16.9 Å². The van der Waals surface area contributed by atoms with E-state index in [1.165, 1.54) is 0 Å². The molecule has 21 heavy (non-hydrogen) atoms. The fraction of sp³-hybridized carbons (Fsp3) is 0.733. The summed E-state index contributed by atoms with van der Waals surface area (Å²) in [5, 5.41) is 4.85. The van der Waals surface area contributed by atoms with Crippen molar-refractivity contribution >= 4 is 17.7 Å². The van der Waals surface area contributed by atoms with Crippen LogP contribution in [0.5, 0.6) is 0 Å². The largest absolute Gasteiger partial charge is 0.380 e. The number of ether oxygens (including phenoxy) is 1. The molecular weight excluding hydrogens is 286 g/mol. The Kier molecular flexibility index (Phi) is 4.26. The summed E-state index contributed by atoms with van der Waals surface area (Å²) < 4.78 is 7.38. The van der Waals surface area contributed by atoms with Crippen molar-refractivity contribution in [2.45, 2.75) is 37.5 Å². The Balaban J connectivity index is 1.82. The standard InChI is InChI=1S/C15H23N3O2S/c1-10(2)13-8-11(16-17(13)3)15(19)18-5-7-21-14-9-20-6-4-12(14)18/h8,10,12,14H,4-7,9H2,1-3H3. The molecule has 5 nitrogen and oxygen atoms in total. The van der Waals surface area contributed by atoms with Crippen LogP contribution in [-0.4, -0.2) is 57.4 Å². The third-order valence-corrected chi connectivity index (χ3v) is 5.62. The first kappa shape index (κ1) is 14.9. The summed E-state index contributed by atoms with van der Waals surface area (Å²) in [6.07, 6.45) is 0.938. The molecule has 2 saturated heterocycles. The Hall–Kier alpha value is -1.01. The Bertz CT molecular complexity index is 527. The molecule has 3 heterocycles. The van der Waals surface area contributed by atoms with E-state index in [0.717, 1.165) is 37.6 Å². The predicted molar refractivity (Wildman–Crippen MR) is 83.8 cm³/mol. The Labute approximate surface area is 130 Å². The van der Waals surface area contributed by atoms with Gasteiger partial charge >= 0.3 is 0 Å². The van der Waals surface area contributed by atoms with E-state index in [4.69, 9.17) is 4.74 Å². The lowest BCUT2D eigenvalue weighted by Gasteiger charge is -2.43. The summed E-state index contributed by atoms with van der Waals surface area (Å²) in [4.78, 5) is 14.9. The number of fused-ring (bicyclic) bond motifs is 1. The Morgan fingerprint density at radius 2 is 2.33 bits per heavy atom. The summed E-state index contributed by atoms with van der Waals surface area (Å²) >= 11 is 1.93. The Morgan fingerprint density at radius 3 is 3.05 bits per heavy atom. The number of hydrogen-bond acceptors (Lipinski definition) is 4. The van der Waals surface area contributed by atoms with Crippen LogP contribution >= 0.6 is 11.8 Å². The van der Waals surface area contributed by atoms with Crippen LogP contribution in [-0.2, 0) is 11.8 Å². The monoisotopic (exact) mass is 309 g/mol. The maximum absolute atomic E-state index is 12.8. The van der Waals surface area contributed by atoms with Gasteiger partial charge in [-0.25, -0.2) is 0 Å². The molecule has 0 aromatic carbocycles. The molecule has 2 aliphatic rings. The van der Waals surface area contributed by atoms with Crippen molar-refractivity contribution in [1.82, 2.24) is 14.7 Å². The van der Waals surface area contributed by atoms with Gasteiger partial charge in [-0.15, -0.1) is 0 Å². The molecule has 0 bridgehead atoms. The normalized spacial score (nSPS) is 26.0. The molecule has 1 aromatic rings. The second-order valence-electron chi connectivity index (χ2n) is 6.07. The van der Waals surface area contributed by atoms with E-state index in [9.17, 15) is 4.79 Å². The zero-order valence-corrected chi connectivity index (χ0v) is 13.7. The number of hydrogen-bond donors (Lipinski definition) is 0. The SMILES string of the molecule is CC(C)c1cc(C(=O)N2CCSC3COCCC32)nn1C. The molecule has 2 atom stereocenters. The van der Waals surface area contributed by atoms with Crippen molar-refractivity contribution in [3.05, 3.63) is 17.5 Å². The van der Waals surface area contributed by atoms with E-state index in [-0.39, 0.29) is 5.91 Å². The van der Waals surface area contributed by atoms with Gasteiger partial charge in [0.25, 0.3) is 5.91 Å². The number of carbonyl (C=O) groups excluding carboxylic acids is 1. The molecule has 0 radical (unpaired) electrons. The first-order chi connectivity index (χ1) is 10.1. The van der Waals surface area contributed by atoms with Crippen LogP contribution in [0.4, 0.5) is 0 Å². The smallest absolute Gasteiger partial charge is 0.274 e. The molecule has 0 spiro atoms. The van der Waals surface area contributed by atoms with Crippen LogP contribution < -0.4 is 0 Å². The Morgan fingerprint density at radius 1 is 1.52 bits per heavy atom. The van der Waals surface area contributed by atoms with E-state index in [2.05, 4.69) is 18.9 Å². The van der Waals surface area contributed by atoms with E-state index in [1.54, 1.807) is 0 Å². The number of aromatic nitrogens is 2.